The minimum atomic E-state index is 0.105. The molecule has 1 saturated heterocycles. The molecule has 3 rings (SSSR count). The highest BCUT2D eigenvalue weighted by molar-refractivity contribution is 5.97. The van der Waals surface area contributed by atoms with Gasteiger partial charge in [0.15, 0.2) is 5.78 Å². The molecule has 1 aromatic carbocycles. The Kier molecular flexibility index (Phi) is 4.74. The van der Waals surface area contributed by atoms with Gasteiger partial charge in [-0.15, -0.1) is 0 Å². The fraction of sp³-hybridized carbons (Fsp3) is 0.632. The number of nitrogens with zero attached hydrogens (tertiary/aromatic N) is 1. The van der Waals surface area contributed by atoms with E-state index in [9.17, 15) is 4.79 Å². The summed E-state index contributed by atoms with van der Waals surface area (Å²) in [7, 11) is 0. The lowest BCUT2D eigenvalue weighted by atomic mass is 9.78. The van der Waals surface area contributed by atoms with Gasteiger partial charge in [-0.1, -0.05) is 50.1 Å². The fourth-order valence-corrected chi connectivity index (χ4v) is 4.28. The fourth-order valence-electron chi connectivity index (χ4n) is 4.28. The van der Waals surface area contributed by atoms with E-state index in [0.29, 0.717) is 5.78 Å². The molecule has 1 heterocycles. The number of carbonyl (C=O) groups excluding carboxylic acids is 1. The summed E-state index contributed by atoms with van der Waals surface area (Å²) in [5, 5.41) is 0. The molecule has 0 spiro atoms. The van der Waals surface area contributed by atoms with Gasteiger partial charge in [-0.2, -0.15) is 0 Å². The number of benzene rings is 1. The lowest BCUT2D eigenvalue weighted by Gasteiger charge is -2.45. The van der Waals surface area contributed by atoms with Gasteiger partial charge in [-0.25, -0.2) is 0 Å². The number of rotatable bonds is 4. The molecule has 0 radical (unpaired) electrons. The lowest BCUT2D eigenvalue weighted by molar-refractivity contribution is 0.0470. The maximum Gasteiger partial charge on any atom is 0.166 e. The number of carbonyl (C=O) groups is 1. The van der Waals surface area contributed by atoms with Crippen LogP contribution in [0.5, 0.6) is 0 Å². The van der Waals surface area contributed by atoms with Gasteiger partial charge in [-0.3, -0.25) is 9.69 Å². The van der Waals surface area contributed by atoms with E-state index in [2.05, 4.69) is 11.8 Å². The Hall–Kier alpha value is -1.15. The van der Waals surface area contributed by atoms with Gasteiger partial charge < -0.3 is 0 Å². The molecular weight excluding hydrogens is 258 g/mol. The van der Waals surface area contributed by atoms with Crippen LogP contribution in [-0.4, -0.2) is 29.8 Å². The van der Waals surface area contributed by atoms with Crippen LogP contribution in [0.15, 0.2) is 30.3 Å². The highest BCUT2D eigenvalue weighted by atomic mass is 16.1. The summed E-state index contributed by atoms with van der Waals surface area (Å²) in [6, 6.07) is 10.5. The van der Waals surface area contributed by atoms with Crippen molar-refractivity contribution in [2.24, 2.45) is 11.8 Å². The topological polar surface area (TPSA) is 20.3 Å². The Morgan fingerprint density at radius 1 is 1.14 bits per heavy atom. The Labute approximate surface area is 128 Å². The minimum absolute atomic E-state index is 0.105. The average molecular weight is 285 g/mol. The molecule has 2 nitrogen and oxygen atoms in total. The SMILES string of the molecule is CC(CN1CCC[C@H]2CCCC[C@H]21)C(=O)c1ccccc1. The van der Waals surface area contributed by atoms with E-state index in [1.165, 1.54) is 45.1 Å². The first-order chi connectivity index (χ1) is 10.3. The van der Waals surface area contributed by atoms with Crippen LogP contribution in [-0.2, 0) is 0 Å². The summed E-state index contributed by atoms with van der Waals surface area (Å²) in [4.78, 5) is 15.2. The third-order valence-corrected chi connectivity index (χ3v) is 5.37. The molecule has 2 aliphatic rings. The second-order valence-corrected chi connectivity index (χ2v) is 6.88. The van der Waals surface area contributed by atoms with E-state index < -0.39 is 0 Å². The van der Waals surface area contributed by atoms with Crippen molar-refractivity contribution in [2.75, 3.05) is 13.1 Å². The van der Waals surface area contributed by atoms with Crippen LogP contribution in [0.25, 0.3) is 0 Å². The Morgan fingerprint density at radius 3 is 2.67 bits per heavy atom. The maximum atomic E-state index is 12.6. The number of hydrogen-bond donors (Lipinski definition) is 0. The van der Waals surface area contributed by atoms with Crippen LogP contribution in [0.2, 0.25) is 0 Å². The summed E-state index contributed by atoms with van der Waals surface area (Å²) < 4.78 is 0. The lowest BCUT2D eigenvalue weighted by Crippen LogP contribution is -2.48. The summed E-state index contributed by atoms with van der Waals surface area (Å²) >= 11 is 0. The zero-order chi connectivity index (χ0) is 14.7. The number of Topliss-reactive ketones (excluding diaryl/α,β-unsaturated/α-hetero) is 1. The molecular formula is C19H27NO. The first-order valence-electron chi connectivity index (χ1n) is 8.59. The number of fused-ring (bicyclic) bond motifs is 1. The van der Waals surface area contributed by atoms with E-state index in [4.69, 9.17) is 0 Å². The third-order valence-electron chi connectivity index (χ3n) is 5.37. The Morgan fingerprint density at radius 2 is 1.86 bits per heavy atom. The van der Waals surface area contributed by atoms with Crippen molar-refractivity contribution in [3.8, 4) is 0 Å². The van der Waals surface area contributed by atoms with Crippen molar-refractivity contribution < 1.29 is 4.79 Å². The maximum absolute atomic E-state index is 12.6. The summed E-state index contributed by atoms with van der Waals surface area (Å²) in [6.45, 7) is 4.23. The summed E-state index contributed by atoms with van der Waals surface area (Å²) in [6.07, 6.45) is 8.25. The number of hydrogen-bond acceptors (Lipinski definition) is 2. The van der Waals surface area contributed by atoms with Gasteiger partial charge >= 0.3 is 0 Å². The molecule has 1 aliphatic carbocycles. The second-order valence-electron chi connectivity index (χ2n) is 6.88. The number of ketones is 1. The molecule has 0 bridgehead atoms. The molecule has 1 unspecified atom stereocenters. The Bertz CT molecular complexity index is 468. The molecule has 0 amide bonds. The zero-order valence-electron chi connectivity index (χ0n) is 13.1. The van der Waals surface area contributed by atoms with Gasteiger partial charge in [0.25, 0.3) is 0 Å². The standard InChI is InChI=1S/C19H27NO/c1-15(19(21)17-9-3-2-4-10-17)14-20-13-7-11-16-8-5-6-12-18(16)20/h2-4,9-10,15-16,18H,5-8,11-14H2,1H3/t15?,16-,18-/m1/s1. The zero-order valence-corrected chi connectivity index (χ0v) is 13.1. The van der Waals surface area contributed by atoms with Crippen molar-refractivity contribution in [2.45, 2.75) is 51.5 Å². The molecule has 2 heteroatoms. The third kappa shape index (κ3) is 3.37. The molecule has 1 aromatic rings. The van der Waals surface area contributed by atoms with Crippen LogP contribution in [0.1, 0.15) is 55.8 Å². The smallest absolute Gasteiger partial charge is 0.166 e. The van der Waals surface area contributed by atoms with Gasteiger partial charge in [0.1, 0.15) is 0 Å². The molecule has 21 heavy (non-hydrogen) atoms. The summed E-state index contributed by atoms with van der Waals surface area (Å²) in [5.41, 5.74) is 0.863. The van der Waals surface area contributed by atoms with Crippen molar-refractivity contribution in [3.63, 3.8) is 0 Å². The minimum Gasteiger partial charge on any atom is -0.299 e. The van der Waals surface area contributed by atoms with Gasteiger partial charge in [0.05, 0.1) is 0 Å². The highest BCUT2D eigenvalue weighted by Crippen LogP contribution is 2.35. The molecule has 2 fully saturated rings. The molecule has 1 aliphatic heterocycles. The van der Waals surface area contributed by atoms with Gasteiger partial charge in [-0.05, 0) is 38.1 Å². The van der Waals surface area contributed by atoms with Crippen molar-refractivity contribution >= 4 is 5.78 Å². The van der Waals surface area contributed by atoms with Crippen molar-refractivity contribution in [3.05, 3.63) is 35.9 Å². The quantitative estimate of drug-likeness (QED) is 0.774. The van der Waals surface area contributed by atoms with Crippen LogP contribution in [0.3, 0.4) is 0 Å². The molecule has 0 aromatic heterocycles. The van der Waals surface area contributed by atoms with Crippen LogP contribution in [0.4, 0.5) is 0 Å². The van der Waals surface area contributed by atoms with Crippen LogP contribution >= 0.6 is 0 Å². The van der Waals surface area contributed by atoms with Crippen molar-refractivity contribution in [1.29, 1.82) is 0 Å². The van der Waals surface area contributed by atoms with Crippen molar-refractivity contribution in [1.82, 2.24) is 4.90 Å². The van der Waals surface area contributed by atoms with Gasteiger partial charge in [0.2, 0.25) is 0 Å². The first-order valence-corrected chi connectivity index (χ1v) is 8.59. The van der Waals surface area contributed by atoms with Crippen LogP contribution in [0, 0.1) is 11.8 Å². The van der Waals surface area contributed by atoms with E-state index in [1.54, 1.807) is 0 Å². The molecule has 3 atom stereocenters. The Balaban J connectivity index is 1.63. The van der Waals surface area contributed by atoms with Gasteiger partial charge in [0, 0.05) is 24.1 Å². The van der Waals surface area contributed by atoms with E-state index in [-0.39, 0.29) is 5.92 Å². The van der Waals surface area contributed by atoms with E-state index in [1.807, 2.05) is 30.3 Å². The highest BCUT2D eigenvalue weighted by Gasteiger charge is 2.34. The van der Waals surface area contributed by atoms with E-state index in [0.717, 1.165) is 24.1 Å². The normalized spacial score (nSPS) is 27.9. The first kappa shape index (κ1) is 14.8. The monoisotopic (exact) mass is 285 g/mol. The second kappa shape index (κ2) is 6.74. The average Bonchev–Trinajstić information content (AvgIpc) is 2.55. The molecule has 114 valence electrons. The predicted molar refractivity (Wildman–Crippen MR) is 86.5 cm³/mol. The number of piperidine rings is 1. The summed E-state index contributed by atoms with van der Waals surface area (Å²) in [5.74, 6) is 1.30. The van der Waals surface area contributed by atoms with Crippen LogP contribution < -0.4 is 0 Å². The van der Waals surface area contributed by atoms with E-state index >= 15 is 0 Å². The number of likely N-dealkylation sites (tertiary alicyclic amines) is 1. The predicted octanol–water partition coefficient (Wildman–Crippen LogP) is 4.16. The molecule has 1 saturated carbocycles. The largest absolute Gasteiger partial charge is 0.299 e. The molecule has 0 N–H and O–H groups in total.